The molecule has 0 radical (unpaired) electrons. The molecule has 0 bridgehead atoms. The van der Waals surface area contributed by atoms with E-state index in [9.17, 15) is 9.90 Å². The number of imidazole rings is 1. The van der Waals surface area contributed by atoms with Gasteiger partial charge in [0.25, 0.3) is 0 Å². The number of carbonyl (C=O) groups excluding carboxylic acids is 1. The van der Waals surface area contributed by atoms with Crippen molar-refractivity contribution >= 4 is 18.2 Å². The zero-order valence-electron chi connectivity index (χ0n) is 11.8. The molecule has 0 saturated carbocycles. The molecule has 5 nitrogen and oxygen atoms in total. The van der Waals surface area contributed by atoms with Crippen molar-refractivity contribution in [1.82, 2.24) is 9.55 Å². The fourth-order valence-electron chi connectivity index (χ4n) is 1.59. The van der Waals surface area contributed by atoms with Crippen molar-refractivity contribution in [2.45, 2.75) is 39.9 Å². The van der Waals surface area contributed by atoms with Gasteiger partial charge in [-0.1, -0.05) is 12.7 Å². The summed E-state index contributed by atoms with van der Waals surface area (Å²) in [6.45, 7) is 10.5. The molecule has 0 unspecified atom stereocenters. The molecular formula is C14H20N2O3. The Labute approximate surface area is 113 Å². The van der Waals surface area contributed by atoms with Crippen LogP contribution in [0.1, 0.15) is 44.9 Å². The van der Waals surface area contributed by atoms with E-state index in [2.05, 4.69) is 11.6 Å². The lowest BCUT2D eigenvalue weighted by molar-refractivity contribution is 0.0523. The molecule has 1 N–H and O–H groups in total. The van der Waals surface area contributed by atoms with Crippen LogP contribution in [-0.2, 0) is 11.3 Å². The number of rotatable bonds is 3. The predicted octanol–water partition coefficient (Wildman–Crippen LogP) is 2.83. The van der Waals surface area contributed by atoms with Gasteiger partial charge < -0.3 is 9.84 Å². The number of ether oxygens (including phenoxy) is 1. The number of hydrogen-bond acceptors (Lipinski definition) is 4. The Hall–Kier alpha value is -1.88. The maximum absolute atomic E-state index is 12.2. The van der Waals surface area contributed by atoms with E-state index in [0.717, 1.165) is 0 Å². The van der Waals surface area contributed by atoms with Gasteiger partial charge in [-0.25, -0.2) is 14.3 Å². The third kappa shape index (κ3) is 3.54. The molecule has 1 rings (SSSR count). The van der Waals surface area contributed by atoms with Gasteiger partial charge >= 0.3 is 6.09 Å². The Kier molecular flexibility index (Phi) is 4.67. The molecule has 1 heterocycles. The quantitative estimate of drug-likeness (QED) is 0.911. The van der Waals surface area contributed by atoms with Crippen LogP contribution in [0.4, 0.5) is 4.79 Å². The molecule has 0 aliphatic rings. The molecule has 104 valence electrons. The average molecular weight is 264 g/mol. The van der Waals surface area contributed by atoms with E-state index >= 15 is 0 Å². The lowest BCUT2D eigenvalue weighted by atomic mass is 10.2. The minimum atomic E-state index is -0.618. The molecule has 0 fully saturated rings. The fraction of sp³-hybridized carbons (Fsp3) is 0.429. The second-order valence-corrected chi connectivity index (χ2v) is 4.98. The smallest absolute Gasteiger partial charge is 0.420 e. The number of hydrogen-bond donors (Lipinski definition) is 1. The highest BCUT2D eigenvalue weighted by molar-refractivity contribution is 5.77. The van der Waals surface area contributed by atoms with E-state index in [1.54, 1.807) is 32.9 Å². The molecule has 1 aromatic rings. The maximum Gasteiger partial charge on any atom is 0.420 e. The van der Waals surface area contributed by atoms with Gasteiger partial charge in [-0.2, -0.15) is 0 Å². The number of aromatic nitrogens is 2. The van der Waals surface area contributed by atoms with Gasteiger partial charge in [0.1, 0.15) is 18.0 Å². The van der Waals surface area contributed by atoms with Crippen LogP contribution < -0.4 is 0 Å². The summed E-state index contributed by atoms with van der Waals surface area (Å²) in [7, 11) is 0. The topological polar surface area (TPSA) is 64.4 Å². The van der Waals surface area contributed by atoms with Crippen LogP contribution >= 0.6 is 0 Å². The molecule has 0 amide bonds. The van der Waals surface area contributed by atoms with E-state index in [-0.39, 0.29) is 12.4 Å². The van der Waals surface area contributed by atoms with Crippen molar-refractivity contribution < 1.29 is 14.6 Å². The van der Waals surface area contributed by atoms with E-state index < -0.39 is 11.7 Å². The summed E-state index contributed by atoms with van der Waals surface area (Å²) in [5.41, 5.74) is 0.469. The Balaban J connectivity index is 3.32. The molecule has 1 aromatic heterocycles. The second-order valence-electron chi connectivity index (χ2n) is 4.98. The van der Waals surface area contributed by atoms with Crippen LogP contribution in [0.3, 0.4) is 0 Å². The fourth-order valence-corrected chi connectivity index (χ4v) is 1.59. The van der Waals surface area contributed by atoms with Gasteiger partial charge in [0.2, 0.25) is 0 Å². The van der Waals surface area contributed by atoms with Crippen molar-refractivity contribution in [3.63, 3.8) is 0 Å². The molecule has 0 atom stereocenters. The molecule has 0 aliphatic carbocycles. The average Bonchev–Trinajstić information content (AvgIpc) is 2.65. The molecular weight excluding hydrogens is 244 g/mol. The number of aliphatic hydroxyl groups excluding tert-OH is 1. The highest BCUT2D eigenvalue weighted by Gasteiger charge is 2.23. The Morgan fingerprint density at radius 1 is 1.53 bits per heavy atom. The van der Waals surface area contributed by atoms with E-state index in [4.69, 9.17) is 4.74 Å². The highest BCUT2D eigenvalue weighted by Crippen LogP contribution is 2.18. The van der Waals surface area contributed by atoms with Crippen molar-refractivity contribution in [2.75, 3.05) is 0 Å². The zero-order valence-corrected chi connectivity index (χ0v) is 11.8. The third-order valence-electron chi connectivity index (χ3n) is 2.25. The van der Waals surface area contributed by atoms with Gasteiger partial charge in [-0.05, 0) is 39.8 Å². The van der Waals surface area contributed by atoms with Gasteiger partial charge in [-0.3, -0.25) is 0 Å². The number of nitrogens with zero attached hydrogens (tertiary/aromatic N) is 2. The van der Waals surface area contributed by atoms with E-state index in [1.807, 2.05) is 6.92 Å². The van der Waals surface area contributed by atoms with Crippen LogP contribution in [0, 0.1) is 0 Å². The normalized spacial score (nSPS) is 11.8. The summed E-state index contributed by atoms with van der Waals surface area (Å²) in [6.07, 6.45) is 4.49. The summed E-state index contributed by atoms with van der Waals surface area (Å²) in [5, 5.41) is 9.32. The first-order chi connectivity index (χ1) is 8.84. The van der Waals surface area contributed by atoms with Crippen LogP contribution in [0.2, 0.25) is 0 Å². The molecule has 0 aromatic carbocycles. The lowest BCUT2D eigenvalue weighted by Crippen LogP contribution is -2.28. The standard InChI is InChI=1S/C14H20N2O3/c1-6-8-10-11(7-2)16(12(9-17)15-10)13(18)19-14(3,4)5/h6-8,17H,2,9H2,1,3-5H3/b8-6-. The summed E-state index contributed by atoms with van der Waals surface area (Å²) < 4.78 is 6.54. The Bertz CT molecular complexity index is 507. The zero-order chi connectivity index (χ0) is 14.6. The van der Waals surface area contributed by atoms with Crippen molar-refractivity contribution in [3.05, 3.63) is 29.9 Å². The number of carbonyl (C=O) groups is 1. The number of aliphatic hydroxyl groups is 1. The minimum Gasteiger partial charge on any atom is -0.443 e. The van der Waals surface area contributed by atoms with E-state index in [1.165, 1.54) is 10.6 Å². The van der Waals surface area contributed by atoms with Crippen molar-refractivity contribution in [2.24, 2.45) is 0 Å². The first kappa shape index (κ1) is 15.2. The van der Waals surface area contributed by atoms with E-state index in [0.29, 0.717) is 11.4 Å². The molecule has 0 saturated heterocycles. The van der Waals surface area contributed by atoms with Crippen LogP contribution in [0.5, 0.6) is 0 Å². The summed E-state index contributed by atoms with van der Waals surface area (Å²) >= 11 is 0. The first-order valence-electron chi connectivity index (χ1n) is 6.05. The van der Waals surface area contributed by atoms with Crippen LogP contribution in [0.25, 0.3) is 12.2 Å². The summed E-state index contributed by atoms with van der Waals surface area (Å²) in [4.78, 5) is 16.3. The Morgan fingerprint density at radius 2 is 2.16 bits per heavy atom. The first-order valence-corrected chi connectivity index (χ1v) is 6.05. The third-order valence-corrected chi connectivity index (χ3v) is 2.25. The largest absolute Gasteiger partial charge is 0.443 e. The molecule has 19 heavy (non-hydrogen) atoms. The summed E-state index contributed by atoms with van der Waals surface area (Å²) in [5.74, 6) is 0.234. The van der Waals surface area contributed by atoms with Gasteiger partial charge in [-0.15, -0.1) is 0 Å². The summed E-state index contributed by atoms with van der Waals surface area (Å²) in [6, 6.07) is 0. The maximum atomic E-state index is 12.2. The minimum absolute atomic E-state index is 0.234. The van der Waals surface area contributed by atoms with Gasteiger partial charge in [0.15, 0.2) is 0 Å². The highest BCUT2D eigenvalue weighted by atomic mass is 16.6. The lowest BCUT2D eigenvalue weighted by Gasteiger charge is -2.20. The van der Waals surface area contributed by atoms with Gasteiger partial charge in [0, 0.05) is 0 Å². The monoisotopic (exact) mass is 264 g/mol. The second kappa shape index (κ2) is 5.84. The van der Waals surface area contributed by atoms with Crippen LogP contribution in [-0.4, -0.2) is 26.4 Å². The van der Waals surface area contributed by atoms with Crippen molar-refractivity contribution in [1.29, 1.82) is 0 Å². The number of allylic oxidation sites excluding steroid dienone is 1. The molecule has 0 aliphatic heterocycles. The van der Waals surface area contributed by atoms with Gasteiger partial charge in [0.05, 0.1) is 11.4 Å². The Morgan fingerprint density at radius 3 is 2.58 bits per heavy atom. The SMILES string of the molecule is C=Cc1c(/C=C\C)nc(CO)n1C(=O)OC(C)(C)C. The van der Waals surface area contributed by atoms with Crippen molar-refractivity contribution in [3.8, 4) is 0 Å². The molecule has 5 heteroatoms. The van der Waals surface area contributed by atoms with Crippen LogP contribution in [0.15, 0.2) is 12.7 Å². The predicted molar refractivity (Wildman–Crippen MR) is 74.6 cm³/mol. The molecule has 0 spiro atoms.